The fourth-order valence-corrected chi connectivity index (χ4v) is 3.55. The van der Waals surface area contributed by atoms with Crippen molar-refractivity contribution in [1.82, 2.24) is 10.6 Å². The number of amides is 1. The molecule has 5 nitrogen and oxygen atoms in total. The van der Waals surface area contributed by atoms with E-state index >= 15 is 0 Å². The van der Waals surface area contributed by atoms with E-state index in [1.807, 2.05) is 25.1 Å². The number of hydrogen-bond donors (Lipinski definition) is 3. The van der Waals surface area contributed by atoms with E-state index in [0.717, 1.165) is 22.3 Å². The Balaban J connectivity index is 0.00000338. The van der Waals surface area contributed by atoms with Crippen LogP contribution in [0.5, 0.6) is 0 Å². The molecule has 0 radical (unpaired) electrons. The van der Waals surface area contributed by atoms with Gasteiger partial charge in [-0.2, -0.15) is 0 Å². The molecule has 0 spiro atoms. The van der Waals surface area contributed by atoms with Crippen LogP contribution in [0, 0.1) is 13.8 Å². The van der Waals surface area contributed by atoms with Gasteiger partial charge in [-0.25, -0.2) is 0 Å². The summed E-state index contributed by atoms with van der Waals surface area (Å²) in [5.74, 6) is 0.668. The van der Waals surface area contributed by atoms with E-state index in [2.05, 4.69) is 55.9 Å². The molecule has 0 saturated carbocycles. The van der Waals surface area contributed by atoms with Gasteiger partial charge in [0.2, 0.25) is 5.91 Å². The lowest BCUT2D eigenvalue weighted by atomic mass is 10.2. The van der Waals surface area contributed by atoms with Gasteiger partial charge in [-0.05, 0) is 49.7 Å². The molecule has 3 N–H and O–H groups in total. The van der Waals surface area contributed by atoms with Crippen molar-refractivity contribution in [3.8, 4) is 0 Å². The molecule has 26 heavy (non-hydrogen) atoms. The summed E-state index contributed by atoms with van der Waals surface area (Å²) < 4.78 is 1.00. The third kappa shape index (κ3) is 7.63. The molecule has 0 bridgehead atoms. The lowest BCUT2D eigenvalue weighted by molar-refractivity contribution is -0.116. The molecule has 1 aromatic heterocycles. The number of aliphatic imine (C=N–C) groups is 1. The minimum Gasteiger partial charge on any atom is -0.356 e. The summed E-state index contributed by atoms with van der Waals surface area (Å²) in [7, 11) is 1.72. The summed E-state index contributed by atoms with van der Waals surface area (Å²) in [6, 6.07) is 10.00. The third-order valence-corrected chi connectivity index (χ3v) is 5.05. The molecular weight excluding hydrogens is 527 g/mol. The van der Waals surface area contributed by atoms with Gasteiger partial charge in [0, 0.05) is 39.9 Å². The molecule has 0 fully saturated rings. The van der Waals surface area contributed by atoms with E-state index in [9.17, 15) is 4.79 Å². The van der Waals surface area contributed by atoms with E-state index in [-0.39, 0.29) is 29.9 Å². The molecule has 0 atom stereocenters. The highest BCUT2D eigenvalue weighted by Gasteiger charge is 2.06. The molecule has 0 aliphatic heterocycles. The number of aryl methyl sites for hydroxylation is 2. The average molecular weight is 551 g/mol. The van der Waals surface area contributed by atoms with Crippen molar-refractivity contribution >= 4 is 68.8 Å². The van der Waals surface area contributed by atoms with Crippen molar-refractivity contribution in [3.63, 3.8) is 0 Å². The summed E-state index contributed by atoms with van der Waals surface area (Å²) in [6.07, 6.45) is 0.369. The Labute approximate surface area is 184 Å². The largest absolute Gasteiger partial charge is 0.356 e. The number of guanidine groups is 1. The zero-order chi connectivity index (χ0) is 18.2. The maximum absolute atomic E-state index is 12.1. The highest BCUT2D eigenvalue weighted by Crippen LogP contribution is 2.20. The van der Waals surface area contributed by atoms with E-state index < -0.39 is 0 Å². The Morgan fingerprint density at radius 3 is 2.58 bits per heavy atom. The number of anilines is 1. The number of carbonyl (C=O) groups excluding carboxylic acids is 1. The first-order valence-electron chi connectivity index (χ1n) is 8.04. The van der Waals surface area contributed by atoms with Crippen molar-refractivity contribution < 1.29 is 4.79 Å². The molecule has 0 saturated heterocycles. The highest BCUT2D eigenvalue weighted by atomic mass is 127. The van der Waals surface area contributed by atoms with Crippen LogP contribution in [-0.2, 0) is 11.3 Å². The van der Waals surface area contributed by atoms with Crippen molar-refractivity contribution in [2.24, 2.45) is 4.99 Å². The molecule has 0 aliphatic carbocycles. The van der Waals surface area contributed by atoms with E-state index in [1.165, 1.54) is 9.75 Å². The molecule has 1 aromatic carbocycles. The number of rotatable bonds is 6. The normalized spacial score (nSPS) is 10.8. The van der Waals surface area contributed by atoms with Gasteiger partial charge >= 0.3 is 0 Å². The zero-order valence-corrected chi connectivity index (χ0v) is 19.8. The second-order valence-corrected chi connectivity index (χ2v) is 7.91. The third-order valence-electron chi connectivity index (χ3n) is 3.56. The zero-order valence-electron chi connectivity index (χ0n) is 15.1. The van der Waals surface area contributed by atoms with Gasteiger partial charge in [0.05, 0.1) is 6.54 Å². The first-order valence-corrected chi connectivity index (χ1v) is 9.64. The van der Waals surface area contributed by atoms with Crippen molar-refractivity contribution in [1.29, 1.82) is 0 Å². The predicted octanol–water partition coefficient (Wildman–Crippen LogP) is 4.44. The Hall–Kier alpha value is -1.13. The maximum atomic E-state index is 12.1. The lowest BCUT2D eigenvalue weighted by Crippen LogP contribution is -2.38. The second-order valence-electron chi connectivity index (χ2n) is 5.62. The van der Waals surface area contributed by atoms with E-state index in [4.69, 9.17) is 0 Å². The van der Waals surface area contributed by atoms with Crippen LogP contribution < -0.4 is 16.0 Å². The topological polar surface area (TPSA) is 65.5 Å². The Bertz CT molecular complexity index is 763. The van der Waals surface area contributed by atoms with Crippen LogP contribution in [0.3, 0.4) is 0 Å². The Morgan fingerprint density at radius 1 is 1.19 bits per heavy atom. The SMILES string of the molecule is CN=C(NCCC(=O)Nc1ccc(Br)cc1C)NCc1ccc(C)s1.I. The molecule has 0 unspecified atom stereocenters. The molecule has 0 aliphatic rings. The molecule has 2 rings (SSSR count). The quantitative estimate of drug-likeness (QED) is 0.283. The second kappa shape index (κ2) is 11.6. The number of carbonyl (C=O) groups is 1. The molecule has 8 heteroatoms. The van der Waals surface area contributed by atoms with Crippen molar-refractivity contribution in [2.75, 3.05) is 18.9 Å². The van der Waals surface area contributed by atoms with Gasteiger partial charge < -0.3 is 16.0 Å². The lowest BCUT2D eigenvalue weighted by Gasteiger charge is -2.12. The number of nitrogens with one attached hydrogen (secondary N) is 3. The number of nitrogens with zero attached hydrogens (tertiary/aromatic N) is 1. The maximum Gasteiger partial charge on any atom is 0.226 e. The number of hydrogen-bond acceptors (Lipinski definition) is 3. The first-order chi connectivity index (χ1) is 12.0. The summed E-state index contributed by atoms with van der Waals surface area (Å²) in [5, 5.41) is 9.34. The number of benzene rings is 1. The summed E-state index contributed by atoms with van der Waals surface area (Å²) in [5.41, 5.74) is 1.86. The van der Waals surface area contributed by atoms with E-state index in [0.29, 0.717) is 18.9 Å². The number of halogens is 2. The average Bonchev–Trinajstić information content (AvgIpc) is 2.99. The van der Waals surface area contributed by atoms with Crippen LogP contribution in [0.1, 0.15) is 21.7 Å². The Morgan fingerprint density at radius 2 is 1.96 bits per heavy atom. The van der Waals surface area contributed by atoms with Crippen molar-refractivity contribution in [3.05, 3.63) is 50.1 Å². The van der Waals surface area contributed by atoms with Gasteiger partial charge in [0.1, 0.15) is 0 Å². The first kappa shape index (κ1) is 22.9. The molecule has 2 aromatic rings. The monoisotopic (exact) mass is 550 g/mol. The van der Waals surface area contributed by atoms with Crippen LogP contribution in [0.25, 0.3) is 0 Å². The predicted molar refractivity (Wildman–Crippen MR) is 125 cm³/mol. The molecule has 1 heterocycles. The van der Waals surface area contributed by atoms with Crippen LogP contribution in [-0.4, -0.2) is 25.5 Å². The molecular formula is C18H24BrIN4OS. The fraction of sp³-hybridized carbons (Fsp3) is 0.333. The van der Waals surface area contributed by atoms with Gasteiger partial charge in [-0.15, -0.1) is 35.3 Å². The molecule has 1 amide bonds. The van der Waals surface area contributed by atoms with Crippen LogP contribution in [0.2, 0.25) is 0 Å². The van der Waals surface area contributed by atoms with Crippen LogP contribution in [0.15, 0.2) is 39.8 Å². The van der Waals surface area contributed by atoms with Crippen LogP contribution in [0.4, 0.5) is 5.69 Å². The summed E-state index contributed by atoms with van der Waals surface area (Å²) >= 11 is 5.18. The van der Waals surface area contributed by atoms with Crippen LogP contribution >= 0.6 is 51.2 Å². The molecule has 142 valence electrons. The van der Waals surface area contributed by atoms with Gasteiger partial charge in [-0.3, -0.25) is 9.79 Å². The summed E-state index contributed by atoms with van der Waals surface area (Å²) in [4.78, 5) is 18.8. The standard InChI is InChI=1S/C18H23BrN4OS.HI/c1-12-10-14(19)5-7-16(12)23-17(24)8-9-21-18(20-3)22-11-15-6-4-13(2)25-15;/h4-7,10H,8-9,11H2,1-3H3,(H,23,24)(H2,20,21,22);1H. The van der Waals surface area contributed by atoms with Gasteiger partial charge in [0.15, 0.2) is 5.96 Å². The smallest absolute Gasteiger partial charge is 0.226 e. The fourth-order valence-electron chi connectivity index (χ4n) is 2.25. The number of thiophene rings is 1. The highest BCUT2D eigenvalue weighted by molar-refractivity contribution is 14.0. The van der Waals surface area contributed by atoms with Gasteiger partial charge in [0.25, 0.3) is 0 Å². The summed E-state index contributed by atoms with van der Waals surface area (Å²) in [6.45, 7) is 5.30. The van der Waals surface area contributed by atoms with Crippen molar-refractivity contribution in [2.45, 2.75) is 26.8 Å². The minimum absolute atomic E-state index is 0. The van der Waals surface area contributed by atoms with E-state index in [1.54, 1.807) is 18.4 Å². The van der Waals surface area contributed by atoms with Gasteiger partial charge in [-0.1, -0.05) is 15.9 Å². The minimum atomic E-state index is -0.0257. The Kier molecular flexibility index (Phi) is 10.2.